The van der Waals surface area contributed by atoms with Gasteiger partial charge in [0.2, 0.25) is 0 Å². The molecule has 0 unspecified atom stereocenters. The van der Waals surface area contributed by atoms with E-state index in [4.69, 9.17) is 23.2 Å². The van der Waals surface area contributed by atoms with Gasteiger partial charge in [-0.05, 0) is 47.5 Å². The van der Waals surface area contributed by atoms with Crippen LogP contribution in [0.15, 0.2) is 45.3 Å². The van der Waals surface area contributed by atoms with Gasteiger partial charge in [-0.2, -0.15) is 0 Å². The summed E-state index contributed by atoms with van der Waals surface area (Å²) in [5.41, 5.74) is 2.35. The first kappa shape index (κ1) is 19.0. The monoisotopic (exact) mass is 564 g/mol. The van der Waals surface area contributed by atoms with Crippen molar-refractivity contribution >= 4 is 86.9 Å². The van der Waals surface area contributed by atoms with Crippen LogP contribution >= 0.6 is 86.9 Å². The lowest BCUT2D eigenvalue weighted by molar-refractivity contribution is 1.40. The van der Waals surface area contributed by atoms with Crippen molar-refractivity contribution in [1.82, 2.24) is 0 Å². The van der Waals surface area contributed by atoms with Crippen molar-refractivity contribution in [2.75, 3.05) is 0 Å². The van der Waals surface area contributed by atoms with Crippen molar-refractivity contribution in [3.05, 3.63) is 66.5 Å². The summed E-state index contributed by atoms with van der Waals surface area (Å²) in [6.45, 7) is 0. The van der Waals surface area contributed by atoms with Crippen molar-refractivity contribution in [2.45, 2.75) is 10.7 Å². The SMILES string of the molecule is Clc1ccc(Br)c(CBr)c1.Clc1ccc(Br)c(CBr)c1. The standard InChI is InChI=1S/2C7H5Br2Cl/c2*8-4-5-3-6(10)1-2-7(5)9/h2*1-3H,4H2. The molecule has 20 heavy (non-hydrogen) atoms. The van der Waals surface area contributed by atoms with E-state index in [1.165, 1.54) is 11.1 Å². The van der Waals surface area contributed by atoms with Crippen LogP contribution in [0.4, 0.5) is 0 Å². The van der Waals surface area contributed by atoms with Crippen molar-refractivity contribution in [3.63, 3.8) is 0 Å². The van der Waals surface area contributed by atoms with Gasteiger partial charge in [0, 0.05) is 29.7 Å². The van der Waals surface area contributed by atoms with Crippen LogP contribution in [-0.4, -0.2) is 0 Å². The Labute approximate surface area is 162 Å². The third-order valence-electron chi connectivity index (χ3n) is 2.30. The summed E-state index contributed by atoms with van der Waals surface area (Å²) in [5.74, 6) is 0. The Hall–Kier alpha value is 0.940. The summed E-state index contributed by atoms with van der Waals surface area (Å²) in [6.07, 6.45) is 0. The van der Waals surface area contributed by atoms with Crippen molar-refractivity contribution in [1.29, 1.82) is 0 Å². The molecule has 0 aromatic heterocycles. The molecule has 0 spiro atoms. The minimum Gasteiger partial charge on any atom is -0.0876 e. The Morgan fingerprint density at radius 2 is 1.05 bits per heavy atom. The molecule has 0 radical (unpaired) electrons. The van der Waals surface area contributed by atoms with Crippen molar-refractivity contribution in [2.24, 2.45) is 0 Å². The lowest BCUT2D eigenvalue weighted by Crippen LogP contribution is -1.78. The van der Waals surface area contributed by atoms with E-state index < -0.39 is 0 Å². The number of halogens is 6. The van der Waals surface area contributed by atoms with Crippen LogP contribution in [0.1, 0.15) is 11.1 Å². The second-order valence-corrected chi connectivity index (χ2v) is 7.44. The first-order chi connectivity index (χ1) is 9.47. The highest BCUT2D eigenvalue weighted by Gasteiger charge is 1.97. The minimum absolute atomic E-state index is 0.776. The third kappa shape index (κ3) is 6.37. The molecule has 108 valence electrons. The lowest BCUT2D eigenvalue weighted by atomic mass is 10.2. The molecule has 0 nitrogen and oxygen atoms in total. The average Bonchev–Trinajstić information content (AvgIpc) is 2.44. The molecular formula is C14H10Br4Cl2. The molecule has 0 amide bonds. The topological polar surface area (TPSA) is 0 Å². The fraction of sp³-hybridized carbons (Fsp3) is 0.143. The smallest absolute Gasteiger partial charge is 0.0409 e. The highest BCUT2D eigenvalue weighted by Crippen LogP contribution is 2.23. The Kier molecular flexibility index (Phi) is 9.36. The minimum atomic E-state index is 0.776. The van der Waals surface area contributed by atoms with E-state index in [-0.39, 0.29) is 0 Å². The number of hydrogen-bond acceptors (Lipinski definition) is 0. The normalized spacial score (nSPS) is 9.90. The summed E-state index contributed by atoms with van der Waals surface area (Å²) in [7, 11) is 0. The summed E-state index contributed by atoms with van der Waals surface area (Å²) in [6, 6.07) is 11.5. The van der Waals surface area contributed by atoms with E-state index in [2.05, 4.69) is 63.7 Å². The van der Waals surface area contributed by atoms with Gasteiger partial charge >= 0.3 is 0 Å². The molecule has 0 aliphatic heterocycles. The molecular weight excluding hydrogens is 559 g/mol. The first-order valence-corrected chi connectivity index (χ1v) is 10.1. The summed E-state index contributed by atoms with van der Waals surface area (Å²) >= 11 is 25.0. The highest BCUT2D eigenvalue weighted by molar-refractivity contribution is 9.11. The quantitative estimate of drug-likeness (QED) is 0.322. The fourth-order valence-electron chi connectivity index (χ4n) is 1.29. The average molecular weight is 569 g/mol. The van der Waals surface area contributed by atoms with E-state index in [1.54, 1.807) is 0 Å². The van der Waals surface area contributed by atoms with Crippen LogP contribution in [0.25, 0.3) is 0 Å². The second kappa shape index (κ2) is 9.86. The van der Waals surface area contributed by atoms with E-state index >= 15 is 0 Å². The van der Waals surface area contributed by atoms with E-state index in [9.17, 15) is 0 Å². The number of hydrogen-bond donors (Lipinski definition) is 0. The van der Waals surface area contributed by atoms with Crippen LogP contribution in [0.2, 0.25) is 10.0 Å². The zero-order valence-electron chi connectivity index (χ0n) is 10.1. The summed E-state index contributed by atoms with van der Waals surface area (Å²) in [5, 5.41) is 3.21. The molecule has 0 saturated carbocycles. The van der Waals surface area contributed by atoms with Crippen LogP contribution in [0.3, 0.4) is 0 Å². The van der Waals surface area contributed by atoms with Gasteiger partial charge in [0.25, 0.3) is 0 Å². The maximum Gasteiger partial charge on any atom is 0.0409 e. The molecule has 0 saturated heterocycles. The lowest BCUT2D eigenvalue weighted by Gasteiger charge is -1.98. The number of alkyl halides is 2. The van der Waals surface area contributed by atoms with Crippen molar-refractivity contribution in [3.8, 4) is 0 Å². The highest BCUT2D eigenvalue weighted by atomic mass is 79.9. The van der Waals surface area contributed by atoms with Gasteiger partial charge in [-0.3, -0.25) is 0 Å². The van der Waals surface area contributed by atoms with Gasteiger partial charge < -0.3 is 0 Å². The van der Waals surface area contributed by atoms with Gasteiger partial charge in [0.05, 0.1) is 0 Å². The molecule has 2 rings (SSSR count). The largest absolute Gasteiger partial charge is 0.0876 e. The zero-order valence-corrected chi connectivity index (χ0v) is 18.0. The molecule has 0 atom stereocenters. The molecule has 0 bridgehead atoms. The van der Waals surface area contributed by atoms with Gasteiger partial charge in [0.15, 0.2) is 0 Å². The molecule has 0 heterocycles. The Bertz CT molecular complexity index is 522. The van der Waals surface area contributed by atoms with Crippen LogP contribution in [0, 0.1) is 0 Å². The maximum absolute atomic E-state index is 5.75. The molecule has 0 fully saturated rings. The van der Waals surface area contributed by atoms with Gasteiger partial charge in [-0.1, -0.05) is 86.9 Å². The zero-order chi connectivity index (χ0) is 15.1. The molecule has 6 heteroatoms. The number of benzene rings is 2. The molecule has 0 aliphatic rings. The third-order valence-corrected chi connectivity index (χ3v) is 5.53. The number of rotatable bonds is 2. The molecule has 2 aromatic carbocycles. The molecule has 0 N–H and O–H groups in total. The predicted molar refractivity (Wildman–Crippen MR) is 104 cm³/mol. The maximum atomic E-state index is 5.75. The van der Waals surface area contributed by atoms with E-state index in [1.807, 2.05) is 36.4 Å². The summed E-state index contributed by atoms with van der Waals surface area (Å²) < 4.78 is 2.18. The fourth-order valence-corrected chi connectivity index (χ4v) is 4.13. The molecule has 0 aliphatic carbocycles. The van der Waals surface area contributed by atoms with Crippen LogP contribution in [0.5, 0.6) is 0 Å². The second-order valence-electron chi connectivity index (χ2n) is 3.74. The van der Waals surface area contributed by atoms with E-state index in [0.717, 1.165) is 29.7 Å². The molecule has 2 aromatic rings. The van der Waals surface area contributed by atoms with Gasteiger partial charge in [0.1, 0.15) is 0 Å². The van der Waals surface area contributed by atoms with Gasteiger partial charge in [-0.25, -0.2) is 0 Å². The van der Waals surface area contributed by atoms with Crippen molar-refractivity contribution < 1.29 is 0 Å². The first-order valence-electron chi connectivity index (χ1n) is 5.47. The summed E-state index contributed by atoms with van der Waals surface area (Å²) in [4.78, 5) is 0. The van der Waals surface area contributed by atoms with Crippen LogP contribution < -0.4 is 0 Å². The Morgan fingerprint density at radius 3 is 1.30 bits per heavy atom. The Balaban J connectivity index is 0.000000200. The predicted octanol–water partition coefficient (Wildman–Crippen LogP) is 7.99. The van der Waals surface area contributed by atoms with E-state index in [0.29, 0.717) is 0 Å². The van der Waals surface area contributed by atoms with Crippen LogP contribution in [-0.2, 0) is 10.7 Å². The Morgan fingerprint density at radius 1 is 0.700 bits per heavy atom. The van der Waals surface area contributed by atoms with Gasteiger partial charge in [-0.15, -0.1) is 0 Å².